The molecule has 0 bridgehead atoms. The van der Waals surface area contributed by atoms with Crippen molar-refractivity contribution >= 4 is 11.8 Å². The van der Waals surface area contributed by atoms with Crippen LogP contribution < -0.4 is 11.1 Å². The number of hydrogen-bond donors (Lipinski definition) is 2. The van der Waals surface area contributed by atoms with Gasteiger partial charge in [0.15, 0.2) is 5.82 Å². The second-order valence-corrected chi connectivity index (χ2v) is 8.12. The minimum absolute atomic E-state index is 0.232. The van der Waals surface area contributed by atoms with Gasteiger partial charge in [-0.3, -0.25) is 0 Å². The van der Waals surface area contributed by atoms with E-state index in [0.717, 1.165) is 47.6 Å². The third kappa shape index (κ3) is 4.14. The van der Waals surface area contributed by atoms with Crippen molar-refractivity contribution in [1.82, 2.24) is 25.1 Å². The van der Waals surface area contributed by atoms with Crippen LogP contribution in [-0.4, -0.2) is 45.4 Å². The number of nitrogens with one attached hydrogen (secondary N) is 1. The van der Waals surface area contributed by atoms with E-state index >= 15 is 0 Å². The van der Waals surface area contributed by atoms with Crippen molar-refractivity contribution < 1.29 is 9.26 Å². The van der Waals surface area contributed by atoms with Crippen LogP contribution in [0.3, 0.4) is 0 Å². The number of benzene rings is 1. The summed E-state index contributed by atoms with van der Waals surface area (Å²) in [5.41, 5.74) is 9.33. The highest BCUT2D eigenvalue weighted by molar-refractivity contribution is 5.63. The molecule has 3 N–H and O–H groups in total. The van der Waals surface area contributed by atoms with E-state index < -0.39 is 0 Å². The standard InChI is InChI=1S/C24H25N7O2/c1-32-12-11-27-20-13-17(7-10-26-20)21-30-22(31-33-21)24(8-2-9-24)19-5-3-16(4-6-19)18-14-28-23(25)29-15-18/h3-7,10,13-15H,2,8-9,11-12H2,1H3,(H,26,27)(H2,25,28,29). The molecule has 3 heterocycles. The summed E-state index contributed by atoms with van der Waals surface area (Å²) in [6, 6.07) is 12.2. The number of hydrogen-bond acceptors (Lipinski definition) is 9. The lowest BCUT2D eigenvalue weighted by atomic mass is 9.64. The number of rotatable bonds is 8. The predicted octanol–water partition coefficient (Wildman–Crippen LogP) is 3.70. The Labute approximate surface area is 191 Å². The number of aromatic nitrogens is 5. The maximum absolute atomic E-state index is 5.67. The quantitative estimate of drug-likeness (QED) is 0.392. The number of anilines is 2. The van der Waals surface area contributed by atoms with Crippen LogP contribution in [0.2, 0.25) is 0 Å². The maximum atomic E-state index is 5.67. The van der Waals surface area contributed by atoms with Crippen molar-refractivity contribution in [3.63, 3.8) is 0 Å². The van der Waals surface area contributed by atoms with Gasteiger partial charge in [0.25, 0.3) is 5.89 Å². The summed E-state index contributed by atoms with van der Waals surface area (Å²) in [6.45, 7) is 1.27. The molecule has 4 aromatic rings. The van der Waals surface area contributed by atoms with Crippen LogP contribution in [0.5, 0.6) is 0 Å². The largest absolute Gasteiger partial charge is 0.383 e. The average Bonchev–Trinajstić information content (AvgIpc) is 3.30. The highest BCUT2D eigenvalue weighted by Gasteiger charge is 2.44. The van der Waals surface area contributed by atoms with Crippen molar-refractivity contribution in [3.05, 3.63) is 66.4 Å². The van der Waals surface area contributed by atoms with Crippen LogP contribution in [0.25, 0.3) is 22.6 Å². The number of pyridine rings is 1. The summed E-state index contributed by atoms with van der Waals surface area (Å²) in [4.78, 5) is 17.3. The van der Waals surface area contributed by atoms with Gasteiger partial charge in [0.2, 0.25) is 5.95 Å². The molecular weight excluding hydrogens is 418 g/mol. The summed E-state index contributed by atoms with van der Waals surface area (Å²) >= 11 is 0. The molecule has 33 heavy (non-hydrogen) atoms. The van der Waals surface area contributed by atoms with Crippen LogP contribution in [0.1, 0.15) is 30.7 Å². The van der Waals surface area contributed by atoms with Gasteiger partial charge in [0.05, 0.1) is 12.0 Å². The molecule has 3 aromatic heterocycles. The first kappa shape index (κ1) is 21.0. The predicted molar refractivity (Wildman–Crippen MR) is 124 cm³/mol. The second kappa shape index (κ2) is 8.95. The van der Waals surface area contributed by atoms with E-state index in [-0.39, 0.29) is 11.4 Å². The van der Waals surface area contributed by atoms with Crippen molar-refractivity contribution in [2.75, 3.05) is 31.3 Å². The van der Waals surface area contributed by atoms with Gasteiger partial charge >= 0.3 is 0 Å². The molecule has 1 aliphatic carbocycles. The molecule has 0 aliphatic heterocycles. The molecule has 1 aliphatic rings. The molecule has 0 amide bonds. The van der Waals surface area contributed by atoms with Crippen LogP contribution in [-0.2, 0) is 10.2 Å². The van der Waals surface area contributed by atoms with E-state index in [4.69, 9.17) is 20.0 Å². The lowest BCUT2D eigenvalue weighted by molar-refractivity contribution is 0.210. The van der Waals surface area contributed by atoms with Gasteiger partial charge in [-0.15, -0.1) is 0 Å². The SMILES string of the molecule is COCCNc1cc(-c2nc(C3(c4ccc(-c5cnc(N)nc5)cc4)CCC3)no2)ccn1. The molecule has 9 nitrogen and oxygen atoms in total. The highest BCUT2D eigenvalue weighted by atomic mass is 16.5. The van der Waals surface area contributed by atoms with E-state index in [0.29, 0.717) is 19.0 Å². The lowest BCUT2D eigenvalue weighted by Crippen LogP contribution is -2.36. The number of nitrogens with two attached hydrogens (primary N) is 1. The van der Waals surface area contributed by atoms with Crippen LogP contribution >= 0.6 is 0 Å². The maximum Gasteiger partial charge on any atom is 0.258 e. The first-order valence-corrected chi connectivity index (χ1v) is 10.9. The first-order valence-electron chi connectivity index (χ1n) is 10.9. The third-order valence-electron chi connectivity index (χ3n) is 6.12. The van der Waals surface area contributed by atoms with E-state index in [2.05, 4.69) is 49.7 Å². The molecule has 1 saturated carbocycles. The van der Waals surface area contributed by atoms with E-state index in [1.165, 1.54) is 5.56 Å². The van der Waals surface area contributed by atoms with Crippen LogP contribution in [0.4, 0.5) is 11.8 Å². The molecular formula is C24H25N7O2. The van der Waals surface area contributed by atoms with Gasteiger partial charge < -0.3 is 20.3 Å². The zero-order valence-corrected chi connectivity index (χ0v) is 18.4. The van der Waals surface area contributed by atoms with Crippen molar-refractivity contribution in [1.29, 1.82) is 0 Å². The fourth-order valence-electron chi connectivity index (χ4n) is 4.12. The zero-order chi connectivity index (χ0) is 22.7. The van der Waals surface area contributed by atoms with Gasteiger partial charge in [-0.2, -0.15) is 4.98 Å². The van der Waals surface area contributed by atoms with E-state index in [1.807, 2.05) is 12.1 Å². The molecule has 0 atom stereocenters. The van der Waals surface area contributed by atoms with Crippen LogP contribution in [0.15, 0.2) is 59.5 Å². The first-order chi connectivity index (χ1) is 16.2. The van der Waals surface area contributed by atoms with Gasteiger partial charge in [-0.05, 0) is 36.1 Å². The summed E-state index contributed by atoms with van der Waals surface area (Å²) in [7, 11) is 1.67. The number of methoxy groups -OCH3 is 1. The molecule has 1 fully saturated rings. The normalized spacial score (nSPS) is 14.6. The van der Waals surface area contributed by atoms with E-state index in [1.54, 1.807) is 25.7 Å². The fourth-order valence-corrected chi connectivity index (χ4v) is 4.12. The van der Waals surface area contributed by atoms with Gasteiger partial charge in [0.1, 0.15) is 5.82 Å². The van der Waals surface area contributed by atoms with Crippen molar-refractivity contribution in [2.24, 2.45) is 0 Å². The number of nitrogens with zero attached hydrogens (tertiary/aromatic N) is 5. The molecule has 0 saturated heterocycles. The smallest absolute Gasteiger partial charge is 0.258 e. The molecule has 0 radical (unpaired) electrons. The summed E-state index contributed by atoms with van der Waals surface area (Å²) in [6.07, 6.45) is 8.28. The molecule has 0 spiro atoms. The minimum Gasteiger partial charge on any atom is -0.383 e. The molecule has 168 valence electrons. The Kier molecular flexibility index (Phi) is 5.70. The van der Waals surface area contributed by atoms with Crippen molar-refractivity contribution in [3.8, 4) is 22.6 Å². The van der Waals surface area contributed by atoms with Gasteiger partial charge in [-0.25, -0.2) is 15.0 Å². The second-order valence-electron chi connectivity index (χ2n) is 8.12. The van der Waals surface area contributed by atoms with E-state index in [9.17, 15) is 0 Å². The molecule has 5 rings (SSSR count). The lowest BCUT2D eigenvalue weighted by Gasteiger charge is -2.39. The Morgan fingerprint density at radius 3 is 2.52 bits per heavy atom. The van der Waals surface area contributed by atoms with Gasteiger partial charge in [-0.1, -0.05) is 35.8 Å². The number of ether oxygens (including phenoxy) is 1. The Morgan fingerprint density at radius 1 is 1.03 bits per heavy atom. The molecule has 0 unspecified atom stereocenters. The Hall–Kier alpha value is -3.85. The summed E-state index contributed by atoms with van der Waals surface area (Å²) < 4.78 is 10.7. The van der Waals surface area contributed by atoms with Crippen LogP contribution in [0, 0.1) is 0 Å². The Bertz CT molecular complexity index is 1220. The van der Waals surface area contributed by atoms with Gasteiger partial charge in [0, 0.05) is 43.4 Å². The topological polar surface area (TPSA) is 125 Å². The Morgan fingerprint density at radius 2 is 1.82 bits per heavy atom. The summed E-state index contributed by atoms with van der Waals surface area (Å²) in [5.74, 6) is 2.22. The molecule has 1 aromatic carbocycles. The number of nitrogen functional groups attached to an aromatic ring is 1. The fraction of sp³-hybridized carbons (Fsp3) is 0.292. The monoisotopic (exact) mass is 443 g/mol. The summed E-state index contributed by atoms with van der Waals surface area (Å²) in [5, 5.41) is 7.60. The third-order valence-corrected chi connectivity index (χ3v) is 6.12. The Balaban J connectivity index is 1.39. The van der Waals surface area contributed by atoms with Crippen molar-refractivity contribution in [2.45, 2.75) is 24.7 Å². The zero-order valence-electron chi connectivity index (χ0n) is 18.4. The minimum atomic E-state index is -0.232. The highest BCUT2D eigenvalue weighted by Crippen LogP contribution is 2.48. The average molecular weight is 444 g/mol. The molecule has 9 heteroatoms.